The summed E-state index contributed by atoms with van der Waals surface area (Å²) in [5.74, 6) is 0.642. The first-order chi connectivity index (χ1) is 7.90. The highest BCUT2D eigenvalue weighted by Crippen LogP contribution is 2.17. The van der Waals surface area contributed by atoms with E-state index in [1.807, 2.05) is 18.2 Å². The van der Waals surface area contributed by atoms with Gasteiger partial charge in [-0.05, 0) is 18.2 Å². The molecule has 0 amide bonds. The minimum atomic E-state index is -0.0780. The van der Waals surface area contributed by atoms with Gasteiger partial charge in [0.05, 0.1) is 12.3 Å². The van der Waals surface area contributed by atoms with Gasteiger partial charge < -0.3 is 9.84 Å². The molecule has 0 aliphatic heterocycles. The topological polar surface area (TPSA) is 55.2 Å². The lowest BCUT2D eigenvalue weighted by atomic mass is 10.3. The van der Waals surface area contributed by atoms with Gasteiger partial charge in [-0.1, -0.05) is 6.07 Å². The molecule has 0 aromatic carbocycles. The van der Waals surface area contributed by atoms with E-state index in [2.05, 4.69) is 9.97 Å². The third-order valence-corrected chi connectivity index (χ3v) is 2.13. The molecule has 0 atom stereocenters. The fourth-order valence-electron chi connectivity index (χ4n) is 1.31. The first-order valence-electron chi connectivity index (χ1n) is 4.96. The summed E-state index contributed by atoms with van der Waals surface area (Å²) >= 11 is 0. The predicted molar refractivity (Wildman–Crippen MR) is 58.7 cm³/mol. The molecule has 4 nitrogen and oxygen atoms in total. The van der Waals surface area contributed by atoms with Crippen LogP contribution in [0.5, 0.6) is 5.75 Å². The van der Waals surface area contributed by atoms with E-state index in [9.17, 15) is 0 Å². The zero-order valence-corrected chi connectivity index (χ0v) is 8.71. The van der Waals surface area contributed by atoms with E-state index in [1.54, 1.807) is 24.7 Å². The molecule has 0 aliphatic carbocycles. The second-order valence-corrected chi connectivity index (χ2v) is 3.25. The van der Waals surface area contributed by atoms with E-state index in [1.165, 1.54) is 0 Å². The minimum Gasteiger partial charge on any atom is -0.487 e. The summed E-state index contributed by atoms with van der Waals surface area (Å²) in [7, 11) is 0. The largest absolute Gasteiger partial charge is 0.487 e. The van der Waals surface area contributed by atoms with Crippen LogP contribution in [-0.2, 0) is 13.2 Å². The Bertz CT molecular complexity index is 446. The molecular formula is C12H12N2O2. The lowest BCUT2D eigenvalue weighted by molar-refractivity contribution is 0.257. The molecule has 0 fully saturated rings. The monoisotopic (exact) mass is 216 g/mol. The summed E-state index contributed by atoms with van der Waals surface area (Å²) < 4.78 is 5.55. The van der Waals surface area contributed by atoms with Gasteiger partial charge in [0.25, 0.3) is 0 Å². The van der Waals surface area contributed by atoms with Gasteiger partial charge in [0.2, 0.25) is 0 Å². The second-order valence-electron chi connectivity index (χ2n) is 3.25. The van der Waals surface area contributed by atoms with Crippen LogP contribution in [0, 0.1) is 0 Å². The van der Waals surface area contributed by atoms with Gasteiger partial charge in [-0.15, -0.1) is 0 Å². The van der Waals surface area contributed by atoms with Crippen LogP contribution >= 0.6 is 0 Å². The first-order valence-corrected chi connectivity index (χ1v) is 4.96. The van der Waals surface area contributed by atoms with Crippen molar-refractivity contribution in [3.8, 4) is 5.75 Å². The van der Waals surface area contributed by atoms with Gasteiger partial charge >= 0.3 is 0 Å². The minimum absolute atomic E-state index is 0.0780. The third-order valence-electron chi connectivity index (χ3n) is 2.13. The number of hydrogen-bond acceptors (Lipinski definition) is 4. The zero-order chi connectivity index (χ0) is 11.2. The van der Waals surface area contributed by atoms with Gasteiger partial charge in [-0.25, -0.2) is 0 Å². The quantitative estimate of drug-likeness (QED) is 0.842. The van der Waals surface area contributed by atoms with Gasteiger partial charge in [0.1, 0.15) is 12.4 Å². The summed E-state index contributed by atoms with van der Waals surface area (Å²) in [5.41, 5.74) is 1.53. The number of pyridine rings is 2. The molecule has 2 aromatic heterocycles. The van der Waals surface area contributed by atoms with Crippen molar-refractivity contribution in [2.24, 2.45) is 0 Å². The average molecular weight is 216 g/mol. The van der Waals surface area contributed by atoms with Crippen molar-refractivity contribution >= 4 is 0 Å². The summed E-state index contributed by atoms with van der Waals surface area (Å²) in [4.78, 5) is 8.06. The van der Waals surface area contributed by atoms with Crippen LogP contribution in [0.3, 0.4) is 0 Å². The lowest BCUT2D eigenvalue weighted by Crippen LogP contribution is -2.00. The predicted octanol–water partition coefficient (Wildman–Crippen LogP) is 1.55. The highest BCUT2D eigenvalue weighted by Gasteiger charge is 2.02. The van der Waals surface area contributed by atoms with Crippen LogP contribution in [0.1, 0.15) is 11.3 Å². The van der Waals surface area contributed by atoms with Crippen LogP contribution in [0.4, 0.5) is 0 Å². The van der Waals surface area contributed by atoms with Crippen LogP contribution in [0.25, 0.3) is 0 Å². The highest BCUT2D eigenvalue weighted by molar-refractivity contribution is 5.29. The average Bonchev–Trinajstić information content (AvgIpc) is 2.38. The number of ether oxygens (including phenoxy) is 1. The molecule has 0 radical (unpaired) electrons. The maximum absolute atomic E-state index is 9.08. The number of rotatable bonds is 4. The summed E-state index contributed by atoms with van der Waals surface area (Å²) in [5, 5.41) is 9.08. The number of aliphatic hydroxyl groups is 1. The van der Waals surface area contributed by atoms with Crippen LogP contribution in [-0.4, -0.2) is 15.1 Å². The maximum Gasteiger partial charge on any atom is 0.130 e. The molecule has 4 heteroatoms. The zero-order valence-electron chi connectivity index (χ0n) is 8.71. The molecule has 16 heavy (non-hydrogen) atoms. The molecule has 82 valence electrons. The second kappa shape index (κ2) is 5.23. The fourth-order valence-corrected chi connectivity index (χ4v) is 1.31. The molecule has 0 bridgehead atoms. The molecule has 2 aromatic rings. The molecule has 1 N–H and O–H groups in total. The lowest BCUT2D eigenvalue weighted by Gasteiger charge is -2.08. The molecule has 2 heterocycles. The number of hydrogen-bond donors (Lipinski definition) is 1. The van der Waals surface area contributed by atoms with Gasteiger partial charge in [-0.2, -0.15) is 0 Å². The fraction of sp³-hybridized carbons (Fsp3) is 0.167. The van der Waals surface area contributed by atoms with Crippen molar-refractivity contribution in [1.82, 2.24) is 9.97 Å². The van der Waals surface area contributed by atoms with Crippen molar-refractivity contribution in [2.75, 3.05) is 0 Å². The van der Waals surface area contributed by atoms with E-state index in [0.29, 0.717) is 17.9 Å². The molecule has 0 saturated carbocycles. The first kappa shape index (κ1) is 10.6. The van der Waals surface area contributed by atoms with E-state index in [0.717, 1.165) is 5.69 Å². The standard InChI is InChI=1S/C12H12N2O2/c15-8-10-7-13-6-4-12(10)16-9-11-3-1-2-5-14-11/h1-7,15H,8-9H2. The molecule has 2 rings (SSSR count). The Morgan fingerprint density at radius 1 is 1.19 bits per heavy atom. The van der Waals surface area contributed by atoms with Gasteiger partial charge in [-0.3, -0.25) is 9.97 Å². The molecule has 0 unspecified atom stereocenters. The van der Waals surface area contributed by atoms with Crippen LogP contribution in [0.2, 0.25) is 0 Å². The van der Waals surface area contributed by atoms with E-state index >= 15 is 0 Å². The molecule has 0 saturated heterocycles. The maximum atomic E-state index is 9.08. The molecular weight excluding hydrogens is 204 g/mol. The van der Waals surface area contributed by atoms with Crippen molar-refractivity contribution in [3.05, 3.63) is 54.1 Å². The van der Waals surface area contributed by atoms with Crippen LogP contribution < -0.4 is 4.74 Å². The van der Waals surface area contributed by atoms with Crippen molar-refractivity contribution < 1.29 is 9.84 Å². The van der Waals surface area contributed by atoms with Crippen molar-refractivity contribution in [2.45, 2.75) is 13.2 Å². The Hall–Kier alpha value is -1.94. The van der Waals surface area contributed by atoms with Gasteiger partial charge in [0.15, 0.2) is 0 Å². The van der Waals surface area contributed by atoms with Crippen molar-refractivity contribution in [3.63, 3.8) is 0 Å². The summed E-state index contributed by atoms with van der Waals surface area (Å²) in [6, 6.07) is 7.38. The molecule has 0 aliphatic rings. The molecule has 0 spiro atoms. The Morgan fingerprint density at radius 2 is 2.12 bits per heavy atom. The Balaban J connectivity index is 2.05. The van der Waals surface area contributed by atoms with Crippen LogP contribution in [0.15, 0.2) is 42.9 Å². The van der Waals surface area contributed by atoms with E-state index in [-0.39, 0.29) is 6.61 Å². The number of aromatic nitrogens is 2. The Labute approximate surface area is 93.6 Å². The number of aliphatic hydroxyl groups excluding tert-OH is 1. The normalized spacial score (nSPS) is 10.1. The number of nitrogens with zero attached hydrogens (tertiary/aromatic N) is 2. The van der Waals surface area contributed by atoms with Gasteiger partial charge in [0, 0.05) is 24.2 Å². The highest BCUT2D eigenvalue weighted by atomic mass is 16.5. The summed E-state index contributed by atoms with van der Waals surface area (Å²) in [6.07, 6.45) is 4.94. The van der Waals surface area contributed by atoms with E-state index < -0.39 is 0 Å². The summed E-state index contributed by atoms with van der Waals surface area (Å²) in [6.45, 7) is 0.309. The SMILES string of the molecule is OCc1cnccc1OCc1ccccn1. The van der Waals surface area contributed by atoms with Crippen molar-refractivity contribution in [1.29, 1.82) is 0 Å². The third kappa shape index (κ3) is 2.55. The Kier molecular flexibility index (Phi) is 3.46. The van der Waals surface area contributed by atoms with E-state index in [4.69, 9.17) is 9.84 Å². The Morgan fingerprint density at radius 3 is 2.88 bits per heavy atom. The smallest absolute Gasteiger partial charge is 0.130 e.